The zero-order chi connectivity index (χ0) is 15.8. The molecule has 5 nitrogen and oxygen atoms in total. The fraction of sp³-hybridized carbons (Fsp3) is 0.333. The van der Waals surface area contributed by atoms with Crippen molar-refractivity contribution in [1.82, 2.24) is 15.6 Å². The fourth-order valence-electron chi connectivity index (χ4n) is 1.76. The van der Waals surface area contributed by atoms with Gasteiger partial charge in [-0.15, -0.1) is 11.3 Å². The lowest BCUT2D eigenvalue weighted by molar-refractivity contribution is 0.322. The van der Waals surface area contributed by atoms with E-state index < -0.39 is 0 Å². The molecule has 0 spiro atoms. The Morgan fingerprint density at radius 1 is 1.41 bits per heavy atom. The molecule has 0 aliphatic carbocycles. The van der Waals surface area contributed by atoms with Crippen LogP contribution in [0, 0.1) is 6.92 Å². The third kappa shape index (κ3) is 5.54. The molecule has 118 valence electrons. The maximum Gasteiger partial charge on any atom is 0.191 e. The molecule has 0 saturated carbocycles. The van der Waals surface area contributed by atoms with Gasteiger partial charge < -0.3 is 15.4 Å². The zero-order valence-electron chi connectivity index (χ0n) is 12.6. The lowest BCUT2D eigenvalue weighted by Gasteiger charge is -2.11. The maximum absolute atomic E-state index is 5.90. The minimum atomic E-state index is 0.525. The molecule has 2 N–H and O–H groups in total. The summed E-state index contributed by atoms with van der Waals surface area (Å²) < 4.78 is 5.61. The Balaban J connectivity index is 1.68. The van der Waals surface area contributed by atoms with Crippen LogP contribution in [0.2, 0.25) is 5.02 Å². The normalized spacial score (nSPS) is 11.3. The summed E-state index contributed by atoms with van der Waals surface area (Å²) in [5.74, 6) is 1.48. The van der Waals surface area contributed by atoms with Gasteiger partial charge in [0.15, 0.2) is 5.96 Å². The number of nitrogens with zero attached hydrogens (tertiary/aromatic N) is 2. The van der Waals surface area contributed by atoms with Gasteiger partial charge in [0.05, 0.1) is 13.1 Å². The van der Waals surface area contributed by atoms with E-state index in [9.17, 15) is 0 Å². The third-order valence-corrected chi connectivity index (χ3v) is 3.91. The van der Waals surface area contributed by atoms with E-state index in [1.165, 1.54) is 4.88 Å². The van der Waals surface area contributed by atoms with Gasteiger partial charge in [-0.25, -0.2) is 4.98 Å². The van der Waals surface area contributed by atoms with Crippen LogP contribution in [-0.2, 0) is 6.54 Å². The van der Waals surface area contributed by atoms with Crippen LogP contribution in [0.4, 0.5) is 0 Å². The van der Waals surface area contributed by atoms with Crippen molar-refractivity contribution in [2.45, 2.75) is 13.5 Å². The average molecular weight is 339 g/mol. The Labute approximate surface area is 139 Å². The van der Waals surface area contributed by atoms with E-state index >= 15 is 0 Å². The Hall–Kier alpha value is -1.79. The van der Waals surface area contributed by atoms with E-state index in [0.717, 1.165) is 16.7 Å². The second-order valence-corrected chi connectivity index (χ2v) is 6.28. The van der Waals surface area contributed by atoms with Gasteiger partial charge in [0, 0.05) is 23.1 Å². The number of hydrogen-bond acceptors (Lipinski definition) is 4. The van der Waals surface area contributed by atoms with Gasteiger partial charge in [-0.3, -0.25) is 4.99 Å². The largest absolute Gasteiger partial charge is 0.492 e. The summed E-state index contributed by atoms with van der Waals surface area (Å²) in [5, 5.41) is 8.11. The van der Waals surface area contributed by atoms with Gasteiger partial charge in [-0.1, -0.05) is 17.7 Å². The fourth-order valence-corrected chi connectivity index (χ4v) is 2.67. The van der Waals surface area contributed by atoms with Crippen LogP contribution in [0.1, 0.15) is 9.88 Å². The van der Waals surface area contributed by atoms with Gasteiger partial charge in [-0.2, -0.15) is 0 Å². The van der Waals surface area contributed by atoms with Crippen LogP contribution in [0.15, 0.2) is 35.5 Å². The lowest BCUT2D eigenvalue weighted by Crippen LogP contribution is -2.38. The first kappa shape index (κ1) is 16.6. The van der Waals surface area contributed by atoms with Crippen molar-refractivity contribution in [1.29, 1.82) is 0 Å². The van der Waals surface area contributed by atoms with Gasteiger partial charge >= 0.3 is 0 Å². The van der Waals surface area contributed by atoms with Crippen molar-refractivity contribution < 1.29 is 4.74 Å². The Morgan fingerprint density at radius 3 is 2.95 bits per heavy atom. The first-order valence-corrected chi connectivity index (χ1v) is 8.11. The molecular formula is C15H19ClN4OS. The predicted octanol–water partition coefficient (Wildman–Crippen LogP) is 2.85. The predicted molar refractivity (Wildman–Crippen MR) is 92.0 cm³/mol. The summed E-state index contributed by atoms with van der Waals surface area (Å²) in [6.45, 7) is 3.87. The summed E-state index contributed by atoms with van der Waals surface area (Å²) in [6.07, 6.45) is 1.87. The highest BCUT2D eigenvalue weighted by atomic mass is 35.5. The van der Waals surface area contributed by atoms with Crippen molar-refractivity contribution >= 4 is 28.9 Å². The molecule has 0 saturated heterocycles. The molecule has 0 atom stereocenters. The number of guanidine groups is 1. The van der Waals surface area contributed by atoms with Crippen molar-refractivity contribution in [3.63, 3.8) is 0 Å². The molecule has 0 radical (unpaired) electrons. The van der Waals surface area contributed by atoms with E-state index in [1.54, 1.807) is 24.5 Å². The van der Waals surface area contributed by atoms with Crippen molar-refractivity contribution in [2.24, 2.45) is 4.99 Å². The molecule has 0 aliphatic heterocycles. The molecule has 22 heavy (non-hydrogen) atoms. The standard InChI is InChI=1S/C15H19ClN4OS/c1-11-9-19-14(22-11)10-20-15(17-2)18-6-7-21-13-5-3-4-12(16)8-13/h3-5,8-9H,6-7,10H2,1-2H3,(H2,17,18,20). The number of aryl methyl sites for hydroxylation is 1. The number of rotatable bonds is 6. The van der Waals surface area contributed by atoms with E-state index in [4.69, 9.17) is 16.3 Å². The second-order valence-electron chi connectivity index (χ2n) is 4.52. The number of thiazole rings is 1. The molecule has 7 heteroatoms. The molecule has 0 bridgehead atoms. The van der Waals surface area contributed by atoms with E-state index in [-0.39, 0.29) is 0 Å². The second kappa shape index (κ2) is 8.60. The van der Waals surface area contributed by atoms with Crippen LogP contribution in [0.25, 0.3) is 0 Å². The highest BCUT2D eigenvalue weighted by Gasteiger charge is 2.01. The Bertz CT molecular complexity index is 630. The number of aliphatic imine (C=N–C) groups is 1. The van der Waals surface area contributed by atoms with Crippen molar-refractivity contribution in [2.75, 3.05) is 20.2 Å². The number of aromatic nitrogens is 1. The summed E-state index contributed by atoms with van der Waals surface area (Å²) in [4.78, 5) is 9.67. The molecule has 0 unspecified atom stereocenters. The first-order valence-electron chi connectivity index (χ1n) is 6.91. The molecule has 1 aromatic heterocycles. The van der Waals surface area contributed by atoms with Gasteiger partial charge in [0.1, 0.15) is 17.4 Å². The van der Waals surface area contributed by atoms with E-state index in [1.807, 2.05) is 31.3 Å². The Kier molecular flexibility index (Phi) is 6.48. The molecule has 2 rings (SSSR count). The third-order valence-electron chi connectivity index (χ3n) is 2.76. The molecule has 0 fully saturated rings. The molecule has 0 aliphatic rings. The van der Waals surface area contributed by atoms with Crippen molar-refractivity contribution in [3.8, 4) is 5.75 Å². The number of benzene rings is 1. The Morgan fingerprint density at radius 2 is 2.27 bits per heavy atom. The van der Waals surface area contributed by atoms with Crippen LogP contribution in [-0.4, -0.2) is 31.1 Å². The summed E-state index contributed by atoms with van der Waals surface area (Å²) in [7, 11) is 1.74. The van der Waals surface area contributed by atoms with Gasteiger partial charge in [0.25, 0.3) is 0 Å². The molecule has 1 heterocycles. The van der Waals surface area contributed by atoms with Crippen molar-refractivity contribution in [3.05, 3.63) is 45.4 Å². The molecular weight excluding hydrogens is 320 g/mol. The minimum Gasteiger partial charge on any atom is -0.492 e. The SMILES string of the molecule is CN=C(NCCOc1cccc(Cl)c1)NCc1ncc(C)s1. The smallest absolute Gasteiger partial charge is 0.191 e. The maximum atomic E-state index is 5.90. The summed E-state index contributed by atoms with van der Waals surface area (Å²) >= 11 is 7.58. The summed E-state index contributed by atoms with van der Waals surface area (Å²) in [5.41, 5.74) is 0. The number of nitrogens with one attached hydrogen (secondary N) is 2. The molecule has 1 aromatic carbocycles. The highest BCUT2D eigenvalue weighted by Crippen LogP contribution is 2.16. The van der Waals surface area contributed by atoms with Crippen LogP contribution in [0.3, 0.4) is 0 Å². The molecule has 2 aromatic rings. The monoisotopic (exact) mass is 338 g/mol. The topological polar surface area (TPSA) is 58.5 Å². The number of hydrogen-bond donors (Lipinski definition) is 2. The number of ether oxygens (including phenoxy) is 1. The lowest BCUT2D eigenvalue weighted by atomic mass is 10.3. The molecule has 0 amide bonds. The van der Waals surface area contributed by atoms with Crippen LogP contribution >= 0.6 is 22.9 Å². The van der Waals surface area contributed by atoms with Gasteiger partial charge in [0.2, 0.25) is 0 Å². The van der Waals surface area contributed by atoms with E-state index in [2.05, 4.69) is 20.6 Å². The van der Waals surface area contributed by atoms with Crippen LogP contribution in [0.5, 0.6) is 5.75 Å². The minimum absolute atomic E-state index is 0.525. The zero-order valence-corrected chi connectivity index (χ0v) is 14.2. The summed E-state index contributed by atoms with van der Waals surface area (Å²) in [6, 6.07) is 7.35. The first-order chi connectivity index (χ1) is 10.7. The van der Waals surface area contributed by atoms with Crippen LogP contribution < -0.4 is 15.4 Å². The highest BCUT2D eigenvalue weighted by molar-refractivity contribution is 7.11. The van der Waals surface area contributed by atoms with Gasteiger partial charge in [-0.05, 0) is 25.1 Å². The van der Waals surface area contributed by atoms with E-state index in [0.29, 0.717) is 24.7 Å². The quantitative estimate of drug-likeness (QED) is 0.483. The number of halogens is 1. The average Bonchev–Trinajstić information content (AvgIpc) is 2.92.